The molecule has 1 fully saturated rings. The van der Waals surface area contributed by atoms with Gasteiger partial charge in [0.25, 0.3) is 0 Å². The summed E-state index contributed by atoms with van der Waals surface area (Å²) in [6.45, 7) is 7.14. The predicted octanol–water partition coefficient (Wildman–Crippen LogP) is 3.87. The van der Waals surface area contributed by atoms with Crippen LogP contribution in [0, 0.1) is 11.3 Å². The molecule has 1 saturated heterocycles. The van der Waals surface area contributed by atoms with Crippen LogP contribution in [-0.2, 0) is 11.2 Å². The number of rotatable bonds is 2. The fraction of sp³-hybridized carbons (Fsp3) is 0.556. The molecule has 4 heteroatoms. The van der Waals surface area contributed by atoms with Gasteiger partial charge in [-0.1, -0.05) is 24.3 Å². The van der Waals surface area contributed by atoms with Crippen molar-refractivity contribution in [3.63, 3.8) is 0 Å². The second-order valence-corrected chi connectivity index (χ2v) is 6.82. The van der Waals surface area contributed by atoms with Crippen molar-refractivity contribution in [1.29, 1.82) is 5.26 Å². The van der Waals surface area contributed by atoms with Gasteiger partial charge < -0.3 is 9.64 Å². The van der Waals surface area contributed by atoms with Crippen molar-refractivity contribution in [1.82, 2.24) is 4.90 Å². The summed E-state index contributed by atoms with van der Waals surface area (Å²) in [4.78, 5) is 13.8. The van der Waals surface area contributed by atoms with E-state index in [1.807, 2.05) is 32.9 Å². The number of carbonyl (C=O) groups excluding carboxylic acids is 1. The minimum atomic E-state index is -0.440. The lowest BCUT2D eigenvalue weighted by molar-refractivity contribution is 0.0205. The molecular formula is C18H24N2O2. The van der Waals surface area contributed by atoms with E-state index in [9.17, 15) is 4.79 Å². The van der Waals surface area contributed by atoms with Gasteiger partial charge in [-0.05, 0) is 50.7 Å². The van der Waals surface area contributed by atoms with Gasteiger partial charge in [0.2, 0.25) is 0 Å². The zero-order valence-corrected chi connectivity index (χ0v) is 13.6. The highest BCUT2D eigenvalue weighted by atomic mass is 16.6. The molecule has 1 aromatic rings. The molecule has 0 saturated carbocycles. The van der Waals surface area contributed by atoms with Gasteiger partial charge in [-0.2, -0.15) is 5.26 Å². The van der Waals surface area contributed by atoms with Crippen LogP contribution in [0.2, 0.25) is 0 Å². The van der Waals surface area contributed by atoms with Crippen LogP contribution in [0.25, 0.3) is 0 Å². The molecule has 4 nitrogen and oxygen atoms in total. The molecule has 118 valence electrons. The number of hydrogen-bond acceptors (Lipinski definition) is 3. The largest absolute Gasteiger partial charge is 0.444 e. The Kier molecular flexibility index (Phi) is 5.07. The zero-order chi connectivity index (χ0) is 16.2. The van der Waals surface area contributed by atoms with Crippen LogP contribution < -0.4 is 0 Å². The Bertz CT molecular complexity index is 544. The maximum atomic E-state index is 12.0. The normalized spacial score (nSPS) is 16.2. The Balaban J connectivity index is 1.89. The number of hydrogen-bond donors (Lipinski definition) is 0. The lowest BCUT2D eigenvalue weighted by atomic mass is 9.89. The quantitative estimate of drug-likeness (QED) is 0.833. The van der Waals surface area contributed by atoms with Gasteiger partial charge in [0, 0.05) is 13.1 Å². The molecule has 1 heterocycles. The molecule has 1 aliphatic heterocycles. The van der Waals surface area contributed by atoms with Gasteiger partial charge in [-0.3, -0.25) is 0 Å². The smallest absolute Gasteiger partial charge is 0.410 e. The monoisotopic (exact) mass is 300 g/mol. The summed E-state index contributed by atoms with van der Waals surface area (Å²) >= 11 is 0. The molecule has 1 aliphatic rings. The van der Waals surface area contributed by atoms with Gasteiger partial charge >= 0.3 is 6.09 Å². The van der Waals surface area contributed by atoms with E-state index in [2.05, 4.69) is 18.2 Å². The van der Waals surface area contributed by atoms with Crippen molar-refractivity contribution in [2.24, 2.45) is 0 Å². The third kappa shape index (κ3) is 4.49. The number of piperidine rings is 1. The molecule has 0 unspecified atom stereocenters. The topological polar surface area (TPSA) is 53.3 Å². The number of amides is 1. The SMILES string of the molecule is CC(C)(C)OC(=O)N1CCC(c2ccc(CC#N)cc2)CC1. The molecule has 0 bridgehead atoms. The summed E-state index contributed by atoms with van der Waals surface area (Å²) in [5.74, 6) is 0.481. The van der Waals surface area contributed by atoms with E-state index in [1.165, 1.54) is 5.56 Å². The average Bonchev–Trinajstić information content (AvgIpc) is 2.47. The van der Waals surface area contributed by atoms with Crippen LogP contribution in [0.1, 0.15) is 50.7 Å². The molecule has 1 aromatic carbocycles. The Morgan fingerprint density at radius 2 is 1.86 bits per heavy atom. The second-order valence-electron chi connectivity index (χ2n) is 6.82. The highest BCUT2D eigenvalue weighted by Crippen LogP contribution is 2.29. The number of carbonyl (C=O) groups is 1. The van der Waals surface area contributed by atoms with E-state index in [0.717, 1.165) is 31.5 Å². The van der Waals surface area contributed by atoms with Crippen LogP contribution >= 0.6 is 0 Å². The molecule has 22 heavy (non-hydrogen) atoms. The summed E-state index contributed by atoms with van der Waals surface area (Å²) in [6, 6.07) is 10.4. The number of nitriles is 1. The summed E-state index contributed by atoms with van der Waals surface area (Å²) in [5.41, 5.74) is 1.91. The highest BCUT2D eigenvalue weighted by molar-refractivity contribution is 5.68. The Labute approximate surface area is 132 Å². The van der Waals surface area contributed by atoms with Gasteiger partial charge in [0.05, 0.1) is 12.5 Å². The number of ether oxygens (including phenoxy) is 1. The third-order valence-electron chi connectivity index (χ3n) is 3.88. The molecular weight excluding hydrogens is 276 g/mol. The van der Waals surface area contributed by atoms with E-state index in [4.69, 9.17) is 10.00 Å². The number of benzene rings is 1. The van der Waals surface area contributed by atoms with Crippen LogP contribution in [0.4, 0.5) is 4.79 Å². The van der Waals surface area contributed by atoms with Crippen molar-refractivity contribution in [3.05, 3.63) is 35.4 Å². The van der Waals surface area contributed by atoms with E-state index in [-0.39, 0.29) is 6.09 Å². The Morgan fingerprint density at radius 3 is 2.36 bits per heavy atom. The summed E-state index contributed by atoms with van der Waals surface area (Å²) in [5, 5.41) is 8.70. The van der Waals surface area contributed by atoms with Crippen molar-refractivity contribution in [2.45, 2.75) is 51.6 Å². The number of likely N-dealkylation sites (tertiary alicyclic amines) is 1. The molecule has 1 amide bonds. The van der Waals surface area contributed by atoms with Gasteiger partial charge in [-0.25, -0.2) is 4.79 Å². The first-order valence-corrected chi connectivity index (χ1v) is 7.83. The molecule has 0 N–H and O–H groups in total. The van der Waals surface area contributed by atoms with Crippen molar-refractivity contribution in [3.8, 4) is 6.07 Å². The summed E-state index contributed by atoms with van der Waals surface area (Å²) < 4.78 is 5.42. The van der Waals surface area contributed by atoms with Crippen LogP contribution in [-0.4, -0.2) is 29.7 Å². The fourth-order valence-electron chi connectivity index (χ4n) is 2.72. The first-order valence-electron chi connectivity index (χ1n) is 7.83. The van der Waals surface area contributed by atoms with Gasteiger partial charge in [0.15, 0.2) is 0 Å². The molecule has 0 radical (unpaired) electrons. The Morgan fingerprint density at radius 1 is 1.27 bits per heavy atom. The lowest BCUT2D eigenvalue weighted by Crippen LogP contribution is -2.41. The molecule has 0 aromatic heterocycles. The maximum Gasteiger partial charge on any atom is 0.410 e. The molecule has 0 atom stereocenters. The standard InChI is InChI=1S/C18H24N2O2/c1-18(2,3)22-17(21)20-12-9-16(10-13-20)15-6-4-14(5-7-15)8-11-19/h4-7,16H,8-10,12-13H2,1-3H3. The minimum Gasteiger partial charge on any atom is -0.444 e. The molecule has 0 spiro atoms. The average molecular weight is 300 g/mol. The zero-order valence-electron chi connectivity index (χ0n) is 13.6. The fourth-order valence-corrected chi connectivity index (χ4v) is 2.72. The van der Waals surface area contributed by atoms with E-state index in [0.29, 0.717) is 12.3 Å². The predicted molar refractivity (Wildman–Crippen MR) is 85.5 cm³/mol. The first kappa shape index (κ1) is 16.4. The first-order chi connectivity index (χ1) is 10.4. The van der Waals surface area contributed by atoms with Crippen molar-refractivity contribution < 1.29 is 9.53 Å². The molecule has 0 aliphatic carbocycles. The highest BCUT2D eigenvalue weighted by Gasteiger charge is 2.27. The summed E-state index contributed by atoms with van der Waals surface area (Å²) in [7, 11) is 0. The number of nitrogens with zero attached hydrogens (tertiary/aromatic N) is 2. The molecule has 2 rings (SSSR count). The van der Waals surface area contributed by atoms with E-state index >= 15 is 0 Å². The maximum absolute atomic E-state index is 12.0. The third-order valence-corrected chi connectivity index (χ3v) is 3.88. The van der Waals surface area contributed by atoms with Gasteiger partial charge in [-0.15, -0.1) is 0 Å². The summed E-state index contributed by atoms with van der Waals surface area (Å²) in [6.07, 6.45) is 2.15. The van der Waals surface area contributed by atoms with E-state index < -0.39 is 5.60 Å². The Hall–Kier alpha value is -2.02. The van der Waals surface area contributed by atoms with Crippen LogP contribution in [0.15, 0.2) is 24.3 Å². The van der Waals surface area contributed by atoms with Crippen LogP contribution in [0.5, 0.6) is 0 Å². The minimum absolute atomic E-state index is 0.213. The van der Waals surface area contributed by atoms with Crippen molar-refractivity contribution >= 4 is 6.09 Å². The van der Waals surface area contributed by atoms with E-state index in [1.54, 1.807) is 4.90 Å². The van der Waals surface area contributed by atoms with Crippen LogP contribution in [0.3, 0.4) is 0 Å². The second kappa shape index (κ2) is 6.83. The van der Waals surface area contributed by atoms with Crippen molar-refractivity contribution in [2.75, 3.05) is 13.1 Å². The van der Waals surface area contributed by atoms with Gasteiger partial charge in [0.1, 0.15) is 5.60 Å². The lowest BCUT2D eigenvalue weighted by Gasteiger charge is -2.33.